The average molecular weight is 244 g/mol. The van der Waals surface area contributed by atoms with Crippen molar-refractivity contribution >= 4 is 23.3 Å². The molecule has 0 aliphatic heterocycles. The highest BCUT2D eigenvalue weighted by Gasteiger charge is 2.22. The maximum Gasteiger partial charge on any atom is 0.333 e. The summed E-state index contributed by atoms with van der Waals surface area (Å²) in [6, 6.07) is 0. The van der Waals surface area contributed by atoms with E-state index in [0.717, 1.165) is 17.9 Å². The summed E-state index contributed by atoms with van der Waals surface area (Å²) in [6.07, 6.45) is 0.918. The Balaban J connectivity index is 2.67. The van der Waals surface area contributed by atoms with Crippen LogP contribution in [-0.2, 0) is 6.54 Å². The summed E-state index contributed by atoms with van der Waals surface area (Å²) in [7, 11) is 0. The lowest BCUT2D eigenvalue weighted by Crippen LogP contribution is -2.06. The Morgan fingerprint density at radius 1 is 1.62 bits per heavy atom. The van der Waals surface area contributed by atoms with E-state index in [1.165, 1.54) is 4.68 Å². The van der Waals surface area contributed by atoms with Gasteiger partial charge < -0.3 is 5.73 Å². The Bertz CT molecular complexity index is 378. The molecule has 0 aromatic carbocycles. The lowest BCUT2D eigenvalue weighted by Gasteiger charge is -2.02. The molecule has 0 saturated carbocycles. The number of nitrogen functional groups attached to an aromatic ring is 1. The fourth-order valence-corrected chi connectivity index (χ4v) is 2.07. The van der Waals surface area contributed by atoms with Gasteiger partial charge in [-0.2, -0.15) is 16.9 Å². The van der Waals surface area contributed by atoms with Crippen LogP contribution in [0, 0.1) is 17.0 Å². The van der Waals surface area contributed by atoms with Gasteiger partial charge in [-0.3, -0.25) is 10.1 Å². The molecule has 0 bridgehead atoms. The highest BCUT2D eigenvalue weighted by Crippen LogP contribution is 2.25. The molecule has 16 heavy (non-hydrogen) atoms. The van der Waals surface area contributed by atoms with Gasteiger partial charge in [0.25, 0.3) is 0 Å². The Morgan fingerprint density at radius 3 is 2.81 bits per heavy atom. The van der Waals surface area contributed by atoms with E-state index in [1.54, 1.807) is 6.92 Å². The Hall–Kier alpha value is -1.24. The van der Waals surface area contributed by atoms with Gasteiger partial charge in [0.15, 0.2) is 0 Å². The van der Waals surface area contributed by atoms with Gasteiger partial charge in [0.2, 0.25) is 5.82 Å². The first kappa shape index (κ1) is 12.8. The number of aryl methyl sites for hydroxylation is 2. The van der Waals surface area contributed by atoms with E-state index in [9.17, 15) is 10.1 Å². The number of thioether (sulfide) groups is 1. The van der Waals surface area contributed by atoms with Crippen molar-refractivity contribution in [3.8, 4) is 0 Å². The third-order valence-electron chi connectivity index (χ3n) is 2.18. The first-order chi connectivity index (χ1) is 7.57. The Morgan fingerprint density at radius 2 is 2.31 bits per heavy atom. The highest BCUT2D eigenvalue weighted by molar-refractivity contribution is 7.99. The van der Waals surface area contributed by atoms with Gasteiger partial charge in [-0.05, 0) is 24.9 Å². The number of rotatable bonds is 6. The van der Waals surface area contributed by atoms with Gasteiger partial charge >= 0.3 is 5.69 Å². The van der Waals surface area contributed by atoms with Gasteiger partial charge in [0.05, 0.1) is 4.92 Å². The minimum absolute atomic E-state index is 0.0665. The summed E-state index contributed by atoms with van der Waals surface area (Å²) < 4.78 is 1.52. The number of hydrogen-bond acceptors (Lipinski definition) is 5. The first-order valence-corrected chi connectivity index (χ1v) is 6.28. The molecule has 0 radical (unpaired) electrons. The normalized spacial score (nSPS) is 10.6. The van der Waals surface area contributed by atoms with Gasteiger partial charge in [-0.1, -0.05) is 6.92 Å². The topological polar surface area (TPSA) is 87.0 Å². The second kappa shape index (κ2) is 5.74. The molecule has 7 heteroatoms. The molecule has 1 aromatic heterocycles. The van der Waals surface area contributed by atoms with Crippen LogP contribution in [0.2, 0.25) is 0 Å². The van der Waals surface area contributed by atoms with Crippen molar-refractivity contribution in [2.24, 2.45) is 0 Å². The van der Waals surface area contributed by atoms with Crippen molar-refractivity contribution in [2.45, 2.75) is 26.8 Å². The van der Waals surface area contributed by atoms with Crippen LogP contribution >= 0.6 is 11.8 Å². The number of hydrogen-bond donors (Lipinski definition) is 1. The van der Waals surface area contributed by atoms with Crippen LogP contribution in [0.25, 0.3) is 0 Å². The molecule has 2 N–H and O–H groups in total. The van der Waals surface area contributed by atoms with Gasteiger partial charge in [0.1, 0.15) is 5.69 Å². The van der Waals surface area contributed by atoms with Crippen molar-refractivity contribution in [1.29, 1.82) is 0 Å². The smallest absolute Gasteiger partial charge is 0.333 e. The van der Waals surface area contributed by atoms with E-state index in [1.807, 2.05) is 11.8 Å². The minimum atomic E-state index is -0.477. The summed E-state index contributed by atoms with van der Waals surface area (Å²) in [5.41, 5.74) is 5.99. The van der Waals surface area contributed by atoms with Crippen LogP contribution in [0.1, 0.15) is 19.0 Å². The first-order valence-electron chi connectivity index (χ1n) is 5.13. The van der Waals surface area contributed by atoms with Crippen molar-refractivity contribution in [3.63, 3.8) is 0 Å². The van der Waals surface area contributed by atoms with E-state index in [0.29, 0.717) is 12.2 Å². The molecule has 1 heterocycles. The maximum absolute atomic E-state index is 10.7. The molecule has 6 nitrogen and oxygen atoms in total. The zero-order valence-corrected chi connectivity index (χ0v) is 10.3. The summed E-state index contributed by atoms with van der Waals surface area (Å²) in [5, 5.41) is 14.8. The van der Waals surface area contributed by atoms with Crippen molar-refractivity contribution in [1.82, 2.24) is 9.78 Å². The molecule has 0 saturated heterocycles. The lowest BCUT2D eigenvalue weighted by molar-refractivity contribution is -0.384. The molecule has 0 unspecified atom stereocenters. The van der Waals surface area contributed by atoms with Crippen LogP contribution < -0.4 is 5.73 Å². The summed E-state index contributed by atoms with van der Waals surface area (Å²) in [4.78, 5) is 10.2. The third kappa shape index (κ3) is 2.88. The molecule has 0 aliphatic rings. The van der Waals surface area contributed by atoms with Crippen LogP contribution in [-0.4, -0.2) is 26.2 Å². The standard InChI is InChI=1S/C9H16N4O2S/c1-3-16-6-4-5-12-9(10)8(13(14)15)7(2)11-12/h3-6,10H2,1-2H3. The van der Waals surface area contributed by atoms with E-state index in [-0.39, 0.29) is 11.5 Å². The molecule has 0 atom stereocenters. The predicted molar refractivity (Wildman–Crippen MR) is 65.6 cm³/mol. The second-order valence-corrected chi connectivity index (χ2v) is 4.74. The number of nitro groups is 1. The van der Waals surface area contributed by atoms with E-state index in [4.69, 9.17) is 5.73 Å². The third-order valence-corrected chi connectivity index (χ3v) is 3.17. The molecule has 0 spiro atoms. The van der Waals surface area contributed by atoms with Gasteiger partial charge in [-0.15, -0.1) is 0 Å². The second-order valence-electron chi connectivity index (χ2n) is 3.35. The number of anilines is 1. The summed E-state index contributed by atoms with van der Waals surface area (Å²) in [5.74, 6) is 2.25. The van der Waals surface area contributed by atoms with E-state index in [2.05, 4.69) is 12.0 Å². The quantitative estimate of drug-likeness (QED) is 0.468. The minimum Gasteiger partial charge on any atom is -0.378 e. The van der Waals surface area contributed by atoms with Crippen LogP contribution in [0.4, 0.5) is 11.5 Å². The van der Waals surface area contributed by atoms with Gasteiger partial charge in [-0.25, -0.2) is 4.68 Å². The average Bonchev–Trinajstić information content (AvgIpc) is 2.49. The Labute approximate surface area is 98.3 Å². The van der Waals surface area contributed by atoms with E-state index >= 15 is 0 Å². The molecule has 0 fully saturated rings. The number of nitrogens with zero attached hydrogens (tertiary/aromatic N) is 3. The zero-order valence-electron chi connectivity index (χ0n) is 9.47. The zero-order chi connectivity index (χ0) is 12.1. The van der Waals surface area contributed by atoms with Crippen molar-refractivity contribution in [2.75, 3.05) is 17.2 Å². The van der Waals surface area contributed by atoms with Crippen LogP contribution in [0.3, 0.4) is 0 Å². The maximum atomic E-state index is 10.7. The molecular weight excluding hydrogens is 228 g/mol. The Kier molecular flexibility index (Phi) is 4.60. The van der Waals surface area contributed by atoms with E-state index < -0.39 is 4.92 Å². The van der Waals surface area contributed by atoms with Gasteiger partial charge in [0, 0.05) is 6.54 Å². The molecule has 90 valence electrons. The molecule has 0 aliphatic carbocycles. The summed E-state index contributed by atoms with van der Waals surface area (Å²) in [6.45, 7) is 4.33. The molecule has 0 amide bonds. The summed E-state index contributed by atoms with van der Waals surface area (Å²) >= 11 is 1.83. The van der Waals surface area contributed by atoms with Crippen molar-refractivity contribution < 1.29 is 4.92 Å². The van der Waals surface area contributed by atoms with Crippen LogP contribution in [0.15, 0.2) is 0 Å². The predicted octanol–water partition coefficient (Wildman–Crippen LogP) is 1.83. The molecule has 1 rings (SSSR count). The number of aromatic nitrogens is 2. The molecular formula is C9H16N4O2S. The monoisotopic (exact) mass is 244 g/mol. The SMILES string of the molecule is CCSCCCn1nc(C)c([N+](=O)[O-])c1N. The fraction of sp³-hybridized carbons (Fsp3) is 0.667. The molecule has 1 aromatic rings. The largest absolute Gasteiger partial charge is 0.378 e. The highest BCUT2D eigenvalue weighted by atomic mass is 32.2. The van der Waals surface area contributed by atoms with Crippen LogP contribution in [0.5, 0.6) is 0 Å². The van der Waals surface area contributed by atoms with Crippen molar-refractivity contribution in [3.05, 3.63) is 15.8 Å². The number of nitrogens with two attached hydrogens (primary N) is 1. The fourth-order valence-electron chi connectivity index (χ4n) is 1.45. The lowest BCUT2D eigenvalue weighted by atomic mass is 10.4.